The number of nitrogens with zero attached hydrogens (tertiary/aromatic N) is 1. The highest BCUT2D eigenvalue weighted by atomic mass is 32.2. The van der Waals surface area contributed by atoms with E-state index in [4.69, 9.17) is 9.47 Å². The van der Waals surface area contributed by atoms with E-state index in [-0.39, 0.29) is 17.2 Å². The fourth-order valence-corrected chi connectivity index (χ4v) is 4.30. The van der Waals surface area contributed by atoms with Gasteiger partial charge in [0.2, 0.25) is 15.9 Å². The lowest BCUT2D eigenvalue weighted by Gasteiger charge is -2.26. The fourth-order valence-electron chi connectivity index (χ4n) is 2.84. The Balaban J connectivity index is 1.70. The SMILES string of the molecule is COc1cccc(CC(=O)Nc2cccc(S(=O)(=O)N3CCOCC3)c2)c1. The third kappa shape index (κ3) is 4.85. The first kappa shape index (κ1) is 19.3. The van der Waals surface area contributed by atoms with Crippen LogP contribution in [0.2, 0.25) is 0 Å². The Hall–Kier alpha value is -2.42. The number of sulfonamides is 1. The van der Waals surface area contributed by atoms with Gasteiger partial charge in [-0.2, -0.15) is 4.31 Å². The maximum Gasteiger partial charge on any atom is 0.243 e. The number of anilines is 1. The van der Waals surface area contributed by atoms with Crippen LogP contribution in [0, 0.1) is 0 Å². The molecular formula is C19H22N2O5S. The molecule has 0 saturated carbocycles. The minimum Gasteiger partial charge on any atom is -0.497 e. The van der Waals surface area contributed by atoms with Crippen molar-refractivity contribution in [2.24, 2.45) is 0 Å². The highest BCUT2D eigenvalue weighted by Gasteiger charge is 2.26. The van der Waals surface area contributed by atoms with Gasteiger partial charge >= 0.3 is 0 Å². The number of methoxy groups -OCH3 is 1. The lowest BCUT2D eigenvalue weighted by molar-refractivity contribution is -0.115. The van der Waals surface area contributed by atoms with Crippen molar-refractivity contribution in [1.82, 2.24) is 4.31 Å². The minimum absolute atomic E-state index is 0.156. The summed E-state index contributed by atoms with van der Waals surface area (Å²) in [5.74, 6) is 0.447. The van der Waals surface area contributed by atoms with E-state index < -0.39 is 10.0 Å². The zero-order valence-electron chi connectivity index (χ0n) is 15.1. The predicted molar refractivity (Wildman–Crippen MR) is 101 cm³/mol. The summed E-state index contributed by atoms with van der Waals surface area (Å²) in [6, 6.07) is 13.5. The number of carbonyl (C=O) groups excluding carboxylic acids is 1. The number of carbonyl (C=O) groups is 1. The van der Waals surface area contributed by atoms with Crippen LogP contribution < -0.4 is 10.1 Å². The van der Waals surface area contributed by atoms with Gasteiger partial charge in [-0.25, -0.2) is 8.42 Å². The summed E-state index contributed by atoms with van der Waals surface area (Å²) in [6.07, 6.45) is 0.164. The lowest BCUT2D eigenvalue weighted by Crippen LogP contribution is -2.40. The number of benzene rings is 2. The molecule has 144 valence electrons. The van der Waals surface area contributed by atoms with Gasteiger partial charge in [0.25, 0.3) is 0 Å². The normalized spacial score (nSPS) is 15.3. The average molecular weight is 390 g/mol. The highest BCUT2D eigenvalue weighted by molar-refractivity contribution is 7.89. The molecule has 1 amide bonds. The smallest absolute Gasteiger partial charge is 0.243 e. The third-order valence-electron chi connectivity index (χ3n) is 4.22. The molecule has 3 rings (SSSR count). The van der Waals surface area contributed by atoms with Gasteiger partial charge in [-0.1, -0.05) is 18.2 Å². The molecule has 1 fully saturated rings. The second-order valence-electron chi connectivity index (χ2n) is 6.12. The van der Waals surface area contributed by atoms with Crippen LogP contribution in [-0.4, -0.2) is 52.0 Å². The van der Waals surface area contributed by atoms with E-state index in [1.54, 1.807) is 31.4 Å². The zero-order valence-corrected chi connectivity index (χ0v) is 15.9. The maximum absolute atomic E-state index is 12.7. The highest BCUT2D eigenvalue weighted by Crippen LogP contribution is 2.21. The standard InChI is InChI=1S/C19H22N2O5S/c1-25-17-6-2-4-15(12-17)13-19(22)20-16-5-3-7-18(14-16)27(23,24)21-8-10-26-11-9-21/h2-7,12,14H,8-11,13H2,1H3,(H,20,22). The van der Waals surface area contributed by atoms with Gasteiger partial charge in [-0.3, -0.25) is 4.79 Å². The summed E-state index contributed by atoms with van der Waals surface area (Å²) in [5.41, 5.74) is 1.25. The predicted octanol–water partition coefficient (Wildman–Crippen LogP) is 1.90. The Kier molecular flexibility index (Phi) is 6.10. The molecule has 1 heterocycles. The van der Waals surface area contributed by atoms with E-state index in [1.807, 2.05) is 12.1 Å². The van der Waals surface area contributed by atoms with Crippen LogP contribution in [0.5, 0.6) is 5.75 Å². The molecule has 27 heavy (non-hydrogen) atoms. The lowest BCUT2D eigenvalue weighted by atomic mass is 10.1. The molecule has 0 aromatic heterocycles. The van der Waals surface area contributed by atoms with Crippen LogP contribution >= 0.6 is 0 Å². The third-order valence-corrected chi connectivity index (χ3v) is 6.12. The molecule has 0 spiro atoms. The van der Waals surface area contributed by atoms with E-state index in [0.29, 0.717) is 37.7 Å². The van der Waals surface area contributed by atoms with Crippen LogP contribution in [0.25, 0.3) is 0 Å². The second kappa shape index (κ2) is 8.51. The molecule has 8 heteroatoms. The van der Waals surface area contributed by atoms with Crippen LogP contribution in [0.3, 0.4) is 0 Å². The van der Waals surface area contributed by atoms with E-state index in [1.165, 1.54) is 16.4 Å². The molecule has 0 unspecified atom stereocenters. The second-order valence-corrected chi connectivity index (χ2v) is 8.06. The van der Waals surface area contributed by atoms with Gasteiger partial charge in [0, 0.05) is 18.8 Å². The number of nitrogens with one attached hydrogen (secondary N) is 1. The van der Waals surface area contributed by atoms with Gasteiger partial charge in [-0.15, -0.1) is 0 Å². The first-order valence-corrected chi connectivity index (χ1v) is 10.0. The van der Waals surface area contributed by atoms with Crippen molar-refractivity contribution < 1.29 is 22.7 Å². The summed E-state index contributed by atoms with van der Waals surface area (Å²) in [6.45, 7) is 1.43. The topological polar surface area (TPSA) is 84.9 Å². The Labute approximate surface area is 158 Å². The number of rotatable bonds is 6. The molecular weight excluding hydrogens is 368 g/mol. The molecule has 0 aliphatic carbocycles. The fraction of sp³-hybridized carbons (Fsp3) is 0.316. The number of hydrogen-bond acceptors (Lipinski definition) is 5. The van der Waals surface area contributed by atoms with Crippen molar-refractivity contribution in [3.8, 4) is 5.75 Å². The van der Waals surface area contributed by atoms with Gasteiger partial charge in [-0.05, 0) is 35.9 Å². The van der Waals surface area contributed by atoms with Crippen LogP contribution in [-0.2, 0) is 26.0 Å². The maximum atomic E-state index is 12.7. The Bertz CT molecular complexity index is 908. The Morgan fingerprint density at radius 1 is 1.15 bits per heavy atom. The summed E-state index contributed by atoms with van der Waals surface area (Å²) in [4.78, 5) is 12.5. The van der Waals surface area contributed by atoms with Gasteiger partial charge in [0.05, 0.1) is 31.6 Å². The Morgan fingerprint density at radius 2 is 1.89 bits per heavy atom. The zero-order chi connectivity index (χ0) is 19.3. The molecule has 0 radical (unpaired) electrons. The molecule has 1 N–H and O–H groups in total. The summed E-state index contributed by atoms with van der Waals surface area (Å²) in [5, 5.41) is 2.76. The van der Waals surface area contributed by atoms with Crippen molar-refractivity contribution in [2.45, 2.75) is 11.3 Å². The van der Waals surface area contributed by atoms with Crippen LogP contribution in [0.15, 0.2) is 53.4 Å². The van der Waals surface area contributed by atoms with E-state index in [2.05, 4.69) is 5.32 Å². The first-order valence-electron chi connectivity index (χ1n) is 8.60. The summed E-state index contributed by atoms with van der Waals surface area (Å²) < 4.78 is 37.2. The van der Waals surface area contributed by atoms with Gasteiger partial charge in [0.15, 0.2) is 0 Å². The van der Waals surface area contributed by atoms with Crippen molar-refractivity contribution in [2.75, 3.05) is 38.7 Å². The minimum atomic E-state index is -3.60. The molecule has 2 aromatic rings. The number of ether oxygens (including phenoxy) is 2. The molecule has 2 aromatic carbocycles. The van der Waals surface area contributed by atoms with Crippen molar-refractivity contribution >= 4 is 21.6 Å². The quantitative estimate of drug-likeness (QED) is 0.814. The van der Waals surface area contributed by atoms with Crippen LogP contribution in [0.4, 0.5) is 5.69 Å². The van der Waals surface area contributed by atoms with Crippen molar-refractivity contribution in [1.29, 1.82) is 0 Å². The monoisotopic (exact) mass is 390 g/mol. The first-order chi connectivity index (χ1) is 13.0. The van der Waals surface area contributed by atoms with E-state index >= 15 is 0 Å². The van der Waals surface area contributed by atoms with Crippen molar-refractivity contribution in [3.63, 3.8) is 0 Å². The molecule has 7 nitrogen and oxygen atoms in total. The average Bonchev–Trinajstić information content (AvgIpc) is 2.69. The van der Waals surface area contributed by atoms with Crippen LogP contribution in [0.1, 0.15) is 5.56 Å². The number of hydrogen-bond donors (Lipinski definition) is 1. The molecule has 0 bridgehead atoms. The van der Waals surface area contributed by atoms with E-state index in [9.17, 15) is 13.2 Å². The van der Waals surface area contributed by atoms with Crippen molar-refractivity contribution in [3.05, 3.63) is 54.1 Å². The summed E-state index contributed by atoms with van der Waals surface area (Å²) in [7, 11) is -2.03. The molecule has 1 aliphatic rings. The number of morpholine rings is 1. The molecule has 0 atom stereocenters. The number of amides is 1. The Morgan fingerprint density at radius 3 is 2.63 bits per heavy atom. The largest absolute Gasteiger partial charge is 0.497 e. The molecule has 1 saturated heterocycles. The van der Waals surface area contributed by atoms with Gasteiger partial charge in [0.1, 0.15) is 5.75 Å². The summed E-state index contributed by atoms with van der Waals surface area (Å²) >= 11 is 0. The van der Waals surface area contributed by atoms with Gasteiger partial charge < -0.3 is 14.8 Å². The molecule has 1 aliphatic heterocycles. The van der Waals surface area contributed by atoms with E-state index in [0.717, 1.165) is 5.56 Å².